The van der Waals surface area contributed by atoms with Crippen LogP contribution in [-0.4, -0.2) is 30.4 Å². The highest BCUT2D eigenvalue weighted by atomic mass is 19.1. The van der Waals surface area contributed by atoms with Crippen LogP contribution in [0.1, 0.15) is 33.6 Å². The SMILES string of the molecule is CCC(CC)C(C)NCC(O)COc1ccc(F)cc1. The third-order valence-electron chi connectivity index (χ3n) is 3.69. The van der Waals surface area contributed by atoms with Crippen molar-refractivity contribution in [2.24, 2.45) is 5.92 Å². The summed E-state index contributed by atoms with van der Waals surface area (Å²) in [7, 11) is 0. The average molecular weight is 283 g/mol. The summed E-state index contributed by atoms with van der Waals surface area (Å²) in [4.78, 5) is 0. The normalized spacial score (nSPS) is 14.3. The van der Waals surface area contributed by atoms with Gasteiger partial charge in [0.05, 0.1) is 0 Å². The van der Waals surface area contributed by atoms with Gasteiger partial charge in [-0.15, -0.1) is 0 Å². The molecule has 0 amide bonds. The molecule has 114 valence electrons. The second-order valence-corrected chi connectivity index (χ2v) is 5.19. The van der Waals surface area contributed by atoms with E-state index in [1.807, 2.05) is 0 Å². The van der Waals surface area contributed by atoms with Gasteiger partial charge in [0.15, 0.2) is 0 Å². The molecule has 4 heteroatoms. The Bertz CT molecular complexity index is 365. The highest BCUT2D eigenvalue weighted by Gasteiger charge is 2.14. The highest BCUT2D eigenvalue weighted by Crippen LogP contribution is 2.13. The fourth-order valence-electron chi connectivity index (χ4n) is 2.27. The maximum Gasteiger partial charge on any atom is 0.123 e. The predicted octanol–water partition coefficient (Wildman–Crippen LogP) is 2.98. The maximum atomic E-state index is 12.7. The van der Waals surface area contributed by atoms with Crippen LogP contribution in [0.5, 0.6) is 5.75 Å². The van der Waals surface area contributed by atoms with Gasteiger partial charge in [0.1, 0.15) is 24.3 Å². The molecule has 0 fully saturated rings. The van der Waals surface area contributed by atoms with Gasteiger partial charge in [-0.1, -0.05) is 26.7 Å². The fourth-order valence-corrected chi connectivity index (χ4v) is 2.27. The van der Waals surface area contributed by atoms with Crippen molar-refractivity contribution in [3.63, 3.8) is 0 Å². The van der Waals surface area contributed by atoms with E-state index in [0.29, 0.717) is 24.3 Å². The topological polar surface area (TPSA) is 41.5 Å². The number of aliphatic hydroxyl groups excluding tert-OH is 1. The average Bonchev–Trinajstić information content (AvgIpc) is 2.45. The number of hydrogen-bond acceptors (Lipinski definition) is 3. The zero-order valence-corrected chi connectivity index (χ0v) is 12.6. The van der Waals surface area contributed by atoms with Crippen molar-refractivity contribution in [3.05, 3.63) is 30.1 Å². The molecule has 0 saturated heterocycles. The van der Waals surface area contributed by atoms with Crippen LogP contribution in [-0.2, 0) is 0 Å². The van der Waals surface area contributed by atoms with Gasteiger partial charge in [-0.3, -0.25) is 0 Å². The number of rotatable bonds is 9. The van der Waals surface area contributed by atoms with E-state index < -0.39 is 6.10 Å². The quantitative estimate of drug-likeness (QED) is 0.732. The molecule has 1 aromatic carbocycles. The first-order chi connectivity index (χ1) is 9.56. The van der Waals surface area contributed by atoms with Gasteiger partial charge < -0.3 is 15.2 Å². The summed E-state index contributed by atoms with van der Waals surface area (Å²) in [5, 5.41) is 13.2. The lowest BCUT2D eigenvalue weighted by molar-refractivity contribution is 0.101. The molecule has 2 N–H and O–H groups in total. The van der Waals surface area contributed by atoms with Crippen molar-refractivity contribution in [1.29, 1.82) is 0 Å². The number of benzene rings is 1. The largest absolute Gasteiger partial charge is 0.491 e. The van der Waals surface area contributed by atoms with E-state index in [2.05, 4.69) is 26.1 Å². The molecular weight excluding hydrogens is 257 g/mol. The lowest BCUT2D eigenvalue weighted by Crippen LogP contribution is -2.40. The number of aliphatic hydroxyl groups is 1. The van der Waals surface area contributed by atoms with Crippen molar-refractivity contribution < 1.29 is 14.2 Å². The molecule has 0 aliphatic rings. The van der Waals surface area contributed by atoms with E-state index in [1.54, 1.807) is 12.1 Å². The summed E-state index contributed by atoms with van der Waals surface area (Å²) in [6.07, 6.45) is 1.69. The highest BCUT2D eigenvalue weighted by molar-refractivity contribution is 5.22. The summed E-state index contributed by atoms with van der Waals surface area (Å²) in [6, 6.07) is 6.18. The minimum atomic E-state index is -0.572. The second kappa shape index (κ2) is 8.93. The molecule has 0 aromatic heterocycles. The summed E-state index contributed by atoms with van der Waals surface area (Å²) in [5.41, 5.74) is 0. The molecule has 2 atom stereocenters. The molecule has 0 bridgehead atoms. The smallest absolute Gasteiger partial charge is 0.123 e. The Morgan fingerprint density at radius 3 is 2.35 bits per heavy atom. The van der Waals surface area contributed by atoms with E-state index in [0.717, 1.165) is 12.8 Å². The van der Waals surface area contributed by atoms with Crippen molar-refractivity contribution >= 4 is 0 Å². The molecule has 0 aliphatic heterocycles. The molecule has 3 nitrogen and oxygen atoms in total. The number of ether oxygens (including phenoxy) is 1. The molecule has 0 heterocycles. The predicted molar refractivity (Wildman–Crippen MR) is 79.4 cm³/mol. The maximum absolute atomic E-state index is 12.7. The first-order valence-corrected chi connectivity index (χ1v) is 7.36. The molecule has 0 radical (unpaired) electrons. The van der Waals surface area contributed by atoms with E-state index in [1.165, 1.54) is 12.1 Å². The Kier molecular flexibility index (Phi) is 7.55. The van der Waals surface area contributed by atoms with Crippen molar-refractivity contribution in [1.82, 2.24) is 5.32 Å². The van der Waals surface area contributed by atoms with Gasteiger partial charge in [-0.2, -0.15) is 0 Å². The Labute approximate surface area is 121 Å². The summed E-state index contributed by atoms with van der Waals surface area (Å²) in [5.74, 6) is 0.900. The van der Waals surface area contributed by atoms with E-state index in [4.69, 9.17) is 4.74 Å². The van der Waals surface area contributed by atoms with Gasteiger partial charge in [0.2, 0.25) is 0 Å². The Morgan fingerprint density at radius 1 is 1.20 bits per heavy atom. The zero-order chi connectivity index (χ0) is 15.0. The minimum Gasteiger partial charge on any atom is -0.491 e. The van der Waals surface area contributed by atoms with Crippen LogP contribution < -0.4 is 10.1 Å². The minimum absolute atomic E-state index is 0.203. The molecule has 2 unspecified atom stereocenters. The van der Waals surface area contributed by atoms with Crippen LogP contribution >= 0.6 is 0 Å². The molecule has 0 spiro atoms. The molecule has 1 rings (SSSR count). The third kappa shape index (κ3) is 5.88. The van der Waals surface area contributed by atoms with Gasteiger partial charge in [-0.25, -0.2) is 4.39 Å². The number of hydrogen-bond donors (Lipinski definition) is 2. The standard InChI is InChI=1S/C16H26FNO2/c1-4-13(5-2)12(3)18-10-15(19)11-20-16-8-6-14(17)7-9-16/h6-9,12-13,15,18-19H,4-5,10-11H2,1-3H3. The Morgan fingerprint density at radius 2 is 1.80 bits per heavy atom. The zero-order valence-electron chi connectivity index (χ0n) is 12.6. The summed E-state index contributed by atoms with van der Waals surface area (Å²) >= 11 is 0. The van der Waals surface area contributed by atoms with Crippen molar-refractivity contribution in [3.8, 4) is 5.75 Å². The molecule has 1 aromatic rings. The molecule has 0 saturated carbocycles. The van der Waals surface area contributed by atoms with Gasteiger partial charge in [0, 0.05) is 12.6 Å². The summed E-state index contributed by atoms with van der Waals surface area (Å²) in [6.45, 7) is 7.21. The van der Waals surface area contributed by atoms with Crippen LogP contribution in [0.3, 0.4) is 0 Å². The third-order valence-corrected chi connectivity index (χ3v) is 3.69. The van der Waals surface area contributed by atoms with Crippen LogP contribution in [0.15, 0.2) is 24.3 Å². The number of nitrogens with one attached hydrogen (secondary N) is 1. The monoisotopic (exact) mass is 283 g/mol. The van der Waals surface area contributed by atoms with Crippen LogP contribution in [0.4, 0.5) is 4.39 Å². The Hall–Kier alpha value is -1.13. The van der Waals surface area contributed by atoms with Crippen molar-refractivity contribution in [2.75, 3.05) is 13.2 Å². The first-order valence-electron chi connectivity index (χ1n) is 7.36. The van der Waals surface area contributed by atoms with E-state index in [-0.39, 0.29) is 12.4 Å². The molecule has 0 aliphatic carbocycles. The van der Waals surface area contributed by atoms with Gasteiger partial charge in [-0.05, 0) is 37.1 Å². The second-order valence-electron chi connectivity index (χ2n) is 5.19. The van der Waals surface area contributed by atoms with E-state index >= 15 is 0 Å². The fraction of sp³-hybridized carbons (Fsp3) is 0.625. The number of halogens is 1. The molecular formula is C16H26FNO2. The van der Waals surface area contributed by atoms with E-state index in [9.17, 15) is 9.50 Å². The molecule has 20 heavy (non-hydrogen) atoms. The first kappa shape index (κ1) is 16.9. The Balaban J connectivity index is 2.26. The van der Waals surface area contributed by atoms with Crippen LogP contribution in [0, 0.1) is 11.7 Å². The lowest BCUT2D eigenvalue weighted by Gasteiger charge is -2.24. The van der Waals surface area contributed by atoms with Crippen LogP contribution in [0.2, 0.25) is 0 Å². The van der Waals surface area contributed by atoms with Crippen molar-refractivity contribution in [2.45, 2.75) is 45.8 Å². The van der Waals surface area contributed by atoms with Crippen LogP contribution in [0.25, 0.3) is 0 Å². The van der Waals surface area contributed by atoms with Gasteiger partial charge in [0.25, 0.3) is 0 Å². The summed E-state index contributed by atoms with van der Waals surface area (Å²) < 4.78 is 18.1. The van der Waals surface area contributed by atoms with Gasteiger partial charge >= 0.3 is 0 Å². The lowest BCUT2D eigenvalue weighted by atomic mass is 9.95.